The molecule has 0 unspecified atom stereocenters. The predicted octanol–water partition coefficient (Wildman–Crippen LogP) is 7.67. The first-order valence-electron chi connectivity index (χ1n) is 15.6. The van der Waals surface area contributed by atoms with E-state index in [2.05, 4.69) is 48.1 Å². The monoisotopic (exact) mass is 540 g/mol. The third-order valence-electron chi connectivity index (χ3n) is 14.0. The van der Waals surface area contributed by atoms with Gasteiger partial charge in [0.05, 0.1) is 5.41 Å². The molecule has 5 rings (SSSR count). The topological polar surface area (TPSA) is 69.7 Å². The van der Waals surface area contributed by atoms with E-state index in [4.69, 9.17) is 9.47 Å². The van der Waals surface area contributed by atoms with Crippen molar-refractivity contribution < 1.29 is 23.9 Å². The van der Waals surface area contributed by atoms with Gasteiger partial charge >= 0.3 is 17.9 Å². The lowest BCUT2D eigenvalue weighted by atomic mass is 9.32. The Morgan fingerprint density at radius 1 is 0.718 bits per heavy atom. The summed E-state index contributed by atoms with van der Waals surface area (Å²) in [6.07, 6.45) is 10.2. The molecule has 218 valence electrons. The van der Waals surface area contributed by atoms with Crippen LogP contribution in [0.25, 0.3) is 0 Å². The lowest BCUT2D eigenvalue weighted by Crippen LogP contribution is -2.67. The van der Waals surface area contributed by atoms with E-state index in [1.807, 2.05) is 0 Å². The van der Waals surface area contributed by atoms with Crippen LogP contribution in [0.5, 0.6) is 0 Å². The molecule has 0 aromatic rings. The average molecular weight is 541 g/mol. The van der Waals surface area contributed by atoms with Crippen molar-refractivity contribution in [1.29, 1.82) is 0 Å². The highest BCUT2D eigenvalue weighted by atomic mass is 16.6. The van der Waals surface area contributed by atoms with Gasteiger partial charge in [-0.2, -0.15) is 0 Å². The lowest BCUT2D eigenvalue weighted by molar-refractivity contribution is -0.250. The van der Waals surface area contributed by atoms with Crippen LogP contribution in [0.3, 0.4) is 0 Å². The van der Waals surface area contributed by atoms with Gasteiger partial charge in [0.25, 0.3) is 0 Å². The summed E-state index contributed by atoms with van der Waals surface area (Å²) >= 11 is 0. The maximum atomic E-state index is 13.6. The molecule has 0 amide bonds. The second-order valence-corrected chi connectivity index (χ2v) is 15.7. The van der Waals surface area contributed by atoms with Crippen LogP contribution in [0.2, 0.25) is 0 Å². The van der Waals surface area contributed by atoms with Gasteiger partial charge < -0.3 is 9.47 Å². The molecule has 5 aliphatic rings. The number of allylic oxidation sites excluding steroid dienone is 1. The first-order valence-corrected chi connectivity index (χ1v) is 15.6. The van der Waals surface area contributed by atoms with Crippen molar-refractivity contribution in [2.45, 2.75) is 126 Å². The number of esters is 3. The fourth-order valence-corrected chi connectivity index (χ4v) is 12.1. The van der Waals surface area contributed by atoms with Crippen molar-refractivity contribution in [2.24, 2.45) is 56.7 Å². The number of carbonyl (C=O) groups excluding carboxylic acids is 3. The summed E-state index contributed by atoms with van der Waals surface area (Å²) in [5.74, 6) is 1.10. The number of hydrogen-bond acceptors (Lipinski definition) is 5. The molecule has 10 atom stereocenters. The van der Waals surface area contributed by atoms with Gasteiger partial charge in [0.15, 0.2) is 0 Å². The molecule has 0 N–H and O–H groups in total. The first-order chi connectivity index (χ1) is 18.0. The molecule has 5 fully saturated rings. The van der Waals surface area contributed by atoms with Crippen LogP contribution >= 0.6 is 0 Å². The van der Waals surface area contributed by atoms with Crippen LogP contribution in [-0.2, 0) is 23.9 Å². The largest absolute Gasteiger partial charge is 0.462 e. The minimum absolute atomic E-state index is 0.0123. The van der Waals surface area contributed by atoms with Gasteiger partial charge in [0, 0.05) is 19.3 Å². The fourth-order valence-electron chi connectivity index (χ4n) is 12.1. The molecule has 0 aromatic carbocycles. The van der Waals surface area contributed by atoms with Crippen LogP contribution in [0.4, 0.5) is 0 Å². The number of hydrogen-bond donors (Lipinski definition) is 0. The maximum Gasteiger partial charge on any atom is 0.320 e. The molecule has 0 bridgehead atoms. The summed E-state index contributed by atoms with van der Waals surface area (Å²) in [6.45, 7) is 21.8. The van der Waals surface area contributed by atoms with Gasteiger partial charge in [0.1, 0.15) is 6.10 Å². The number of ether oxygens (including phenoxy) is 2. The molecule has 0 radical (unpaired) electrons. The Hall–Kier alpha value is -1.65. The van der Waals surface area contributed by atoms with E-state index in [1.165, 1.54) is 25.3 Å². The molecule has 5 saturated carbocycles. The molecule has 5 nitrogen and oxygen atoms in total. The second kappa shape index (κ2) is 9.18. The third kappa shape index (κ3) is 3.86. The molecule has 5 heteroatoms. The van der Waals surface area contributed by atoms with Crippen molar-refractivity contribution in [2.75, 3.05) is 0 Å². The Kier molecular flexibility index (Phi) is 6.79. The standard InChI is InChI=1S/C34H52O5/c1-20(2)23-12-17-34(29(37)39-22(4)36)19-18-32(8)24(28(23)34)10-11-26-31(7)15-14-27(38-21(3)35)30(5,6)25(31)13-16-33(26,32)9/h23-28H,1,10-19H2,2-9H3/t23-,24+,25-,26+,27-,28+,31-,32+,33+,34-/m0/s1. The van der Waals surface area contributed by atoms with Crippen molar-refractivity contribution in [3.8, 4) is 0 Å². The summed E-state index contributed by atoms with van der Waals surface area (Å²) in [6, 6.07) is 0. The van der Waals surface area contributed by atoms with Crippen molar-refractivity contribution >= 4 is 17.9 Å². The van der Waals surface area contributed by atoms with E-state index in [1.54, 1.807) is 6.92 Å². The van der Waals surface area contributed by atoms with Crippen LogP contribution in [0.1, 0.15) is 120 Å². The quantitative estimate of drug-likeness (QED) is 0.209. The van der Waals surface area contributed by atoms with Crippen LogP contribution in [0.15, 0.2) is 12.2 Å². The maximum absolute atomic E-state index is 13.6. The minimum atomic E-state index is -0.562. The molecule has 0 saturated heterocycles. The van der Waals surface area contributed by atoms with E-state index < -0.39 is 11.4 Å². The molecule has 0 spiro atoms. The van der Waals surface area contributed by atoms with E-state index in [0.29, 0.717) is 23.7 Å². The van der Waals surface area contributed by atoms with E-state index >= 15 is 0 Å². The van der Waals surface area contributed by atoms with E-state index in [9.17, 15) is 14.4 Å². The molecule has 0 aromatic heterocycles. The molecule has 0 aliphatic heterocycles. The van der Waals surface area contributed by atoms with Gasteiger partial charge in [-0.1, -0.05) is 46.8 Å². The van der Waals surface area contributed by atoms with Gasteiger partial charge in [-0.05, 0) is 117 Å². The zero-order valence-electron chi connectivity index (χ0n) is 25.8. The number of fused-ring (bicyclic) bond motifs is 7. The van der Waals surface area contributed by atoms with Crippen molar-refractivity contribution in [1.82, 2.24) is 0 Å². The molecule has 0 heterocycles. The van der Waals surface area contributed by atoms with Crippen LogP contribution in [0, 0.1) is 56.7 Å². The van der Waals surface area contributed by atoms with Gasteiger partial charge in [-0.3, -0.25) is 14.4 Å². The Labute approximate surface area is 236 Å². The minimum Gasteiger partial charge on any atom is -0.462 e. The zero-order chi connectivity index (χ0) is 28.8. The zero-order valence-corrected chi connectivity index (χ0v) is 25.8. The van der Waals surface area contributed by atoms with Gasteiger partial charge in [-0.25, -0.2) is 0 Å². The summed E-state index contributed by atoms with van der Waals surface area (Å²) < 4.78 is 11.3. The molecule has 39 heavy (non-hydrogen) atoms. The fraction of sp³-hybridized carbons (Fsp3) is 0.853. The summed E-state index contributed by atoms with van der Waals surface area (Å²) in [5.41, 5.74) is 1.05. The Balaban J connectivity index is 1.52. The highest BCUT2D eigenvalue weighted by Crippen LogP contribution is 2.77. The summed E-state index contributed by atoms with van der Waals surface area (Å²) in [7, 11) is 0. The highest BCUT2D eigenvalue weighted by molar-refractivity contribution is 5.88. The van der Waals surface area contributed by atoms with Crippen LogP contribution < -0.4 is 0 Å². The molecular formula is C34H52O5. The Morgan fingerprint density at radius 2 is 1.41 bits per heavy atom. The molecule has 5 aliphatic carbocycles. The number of carbonyl (C=O) groups is 3. The Morgan fingerprint density at radius 3 is 2.03 bits per heavy atom. The lowest BCUT2D eigenvalue weighted by Gasteiger charge is -2.72. The average Bonchev–Trinajstić information content (AvgIpc) is 3.22. The van der Waals surface area contributed by atoms with Gasteiger partial charge in [0.2, 0.25) is 0 Å². The normalized spacial score (nSPS) is 48.0. The number of rotatable bonds is 3. The second-order valence-electron chi connectivity index (χ2n) is 15.7. The summed E-state index contributed by atoms with van der Waals surface area (Å²) in [5, 5.41) is 0. The van der Waals surface area contributed by atoms with Crippen LogP contribution in [-0.4, -0.2) is 24.0 Å². The third-order valence-corrected chi connectivity index (χ3v) is 14.0. The highest BCUT2D eigenvalue weighted by Gasteiger charge is 2.72. The predicted molar refractivity (Wildman–Crippen MR) is 151 cm³/mol. The Bertz CT molecular complexity index is 1080. The van der Waals surface area contributed by atoms with Gasteiger partial charge in [-0.15, -0.1) is 0 Å². The summed E-state index contributed by atoms with van der Waals surface area (Å²) in [4.78, 5) is 37.5. The smallest absolute Gasteiger partial charge is 0.320 e. The van der Waals surface area contributed by atoms with Crippen molar-refractivity contribution in [3.05, 3.63) is 12.2 Å². The van der Waals surface area contributed by atoms with E-state index in [-0.39, 0.29) is 45.6 Å². The SMILES string of the molecule is C=C(C)[C@@H]1CC[C@]2(C(=O)OC(C)=O)CC[C@]3(C)[C@H](CC[C@@H]4[C@@]5(C)CC[C@H](OC(C)=O)C(C)(C)[C@@H]5CC[C@]43C)[C@@H]12. The van der Waals surface area contributed by atoms with E-state index in [0.717, 1.165) is 51.4 Å². The first kappa shape index (κ1) is 28.9. The van der Waals surface area contributed by atoms with Crippen molar-refractivity contribution in [3.63, 3.8) is 0 Å². The molecular weight excluding hydrogens is 488 g/mol.